The van der Waals surface area contributed by atoms with Gasteiger partial charge in [-0.2, -0.15) is 0 Å². The molecule has 0 aliphatic rings. The summed E-state index contributed by atoms with van der Waals surface area (Å²) < 4.78 is 0. The van der Waals surface area contributed by atoms with E-state index in [1.165, 1.54) is 12.4 Å². The average Bonchev–Trinajstić information content (AvgIpc) is 2.31. The monoisotopic (exact) mass is 233 g/mol. The predicted molar refractivity (Wildman–Crippen MR) is 61.4 cm³/mol. The summed E-state index contributed by atoms with van der Waals surface area (Å²) in [7, 11) is 0. The summed E-state index contributed by atoms with van der Waals surface area (Å²) in [6, 6.07) is 5.05. The van der Waals surface area contributed by atoms with Crippen molar-refractivity contribution in [3.63, 3.8) is 0 Å². The van der Waals surface area contributed by atoms with Crippen LogP contribution in [0.15, 0.2) is 43.0 Å². The first-order valence-corrected chi connectivity index (χ1v) is 4.96. The maximum atomic E-state index is 11.8. The number of nitrogens with one attached hydrogen (secondary N) is 1. The lowest BCUT2D eigenvalue weighted by Crippen LogP contribution is -2.12. The van der Waals surface area contributed by atoms with Crippen LogP contribution in [0.5, 0.6) is 0 Å². The van der Waals surface area contributed by atoms with Crippen LogP contribution in [0.3, 0.4) is 0 Å². The average molecular weight is 234 g/mol. The van der Waals surface area contributed by atoms with Gasteiger partial charge in [-0.1, -0.05) is 11.6 Å². The Morgan fingerprint density at radius 3 is 2.69 bits per heavy atom. The van der Waals surface area contributed by atoms with E-state index in [-0.39, 0.29) is 5.91 Å². The molecule has 80 valence electrons. The molecule has 0 bridgehead atoms. The quantitative estimate of drug-likeness (QED) is 0.867. The lowest BCUT2D eigenvalue weighted by Gasteiger charge is -2.05. The van der Waals surface area contributed by atoms with Gasteiger partial charge >= 0.3 is 0 Å². The summed E-state index contributed by atoms with van der Waals surface area (Å²) in [4.78, 5) is 19.5. The molecule has 0 atom stereocenters. The number of halogens is 1. The van der Waals surface area contributed by atoms with Gasteiger partial charge < -0.3 is 5.32 Å². The molecule has 0 aromatic carbocycles. The molecule has 0 unspecified atom stereocenters. The highest BCUT2D eigenvalue weighted by Gasteiger charge is 2.09. The minimum Gasteiger partial charge on any atom is -0.320 e. The zero-order chi connectivity index (χ0) is 11.4. The largest absolute Gasteiger partial charge is 0.320 e. The standard InChI is InChI=1S/C11H8ClN3O/c12-10-3-5-14-7-9(10)11(16)15-8-2-1-4-13-6-8/h1-7H,(H,15,16). The molecule has 0 radical (unpaired) electrons. The fraction of sp³-hybridized carbons (Fsp3) is 0. The molecule has 1 amide bonds. The third-order valence-corrected chi connectivity index (χ3v) is 2.26. The van der Waals surface area contributed by atoms with Gasteiger partial charge in [-0.3, -0.25) is 14.8 Å². The van der Waals surface area contributed by atoms with E-state index in [0.29, 0.717) is 16.3 Å². The van der Waals surface area contributed by atoms with E-state index in [2.05, 4.69) is 15.3 Å². The van der Waals surface area contributed by atoms with Crippen LogP contribution in [-0.2, 0) is 0 Å². The van der Waals surface area contributed by atoms with Gasteiger partial charge in [-0.05, 0) is 18.2 Å². The van der Waals surface area contributed by atoms with Crippen LogP contribution in [0.4, 0.5) is 5.69 Å². The van der Waals surface area contributed by atoms with Crippen LogP contribution in [0, 0.1) is 0 Å². The van der Waals surface area contributed by atoms with E-state index in [9.17, 15) is 4.79 Å². The predicted octanol–water partition coefficient (Wildman–Crippen LogP) is 2.38. The number of aromatic nitrogens is 2. The Balaban J connectivity index is 2.19. The third-order valence-electron chi connectivity index (χ3n) is 1.93. The Hall–Kier alpha value is -1.94. The van der Waals surface area contributed by atoms with Gasteiger partial charge in [0, 0.05) is 18.6 Å². The van der Waals surface area contributed by atoms with E-state index < -0.39 is 0 Å². The molecule has 2 heterocycles. The van der Waals surface area contributed by atoms with Crippen molar-refractivity contribution < 1.29 is 4.79 Å². The van der Waals surface area contributed by atoms with Crippen molar-refractivity contribution in [1.82, 2.24) is 9.97 Å². The Labute approximate surface area is 97.3 Å². The maximum Gasteiger partial charge on any atom is 0.258 e. The number of hydrogen-bond donors (Lipinski definition) is 1. The number of amides is 1. The second-order valence-corrected chi connectivity index (χ2v) is 3.46. The van der Waals surface area contributed by atoms with Gasteiger partial charge in [0.1, 0.15) is 0 Å². The van der Waals surface area contributed by atoms with E-state index >= 15 is 0 Å². The zero-order valence-electron chi connectivity index (χ0n) is 8.22. The van der Waals surface area contributed by atoms with Gasteiger partial charge in [0.25, 0.3) is 5.91 Å². The summed E-state index contributed by atoms with van der Waals surface area (Å²) in [5, 5.41) is 3.04. The number of carbonyl (C=O) groups is 1. The highest BCUT2D eigenvalue weighted by Crippen LogP contribution is 2.15. The molecule has 0 fully saturated rings. The van der Waals surface area contributed by atoms with Crippen molar-refractivity contribution in [2.45, 2.75) is 0 Å². The van der Waals surface area contributed by atoms with Crippen LogP contribution >= 0.6 is 11.6 Å². The molecule has 16 heavy (non-hydrogen) atoms. The van der Waals surface area contributed by atoms with E-state index in [1.54, 1.807) is 30.6 Å². The summed E-state index contributed by atoms with van der Waals surface area (Å²) in [6.45, 7) is 0. The molecular weight excluding hydrogens is 226 g/mol. The van der Waals surface area contributed by atoms with E-state index in [4.69, 9.17) is 11.6 Å². The summed E-state index contributed by atoms with van der Waals surface area (Å²) >= 11 is 5.87. The third kappa shape index (κ3) is 2.35. The van der Waals surface area contributed by atoms with Crippen LogP contribution in [0.2, 0.25) is 5.02 Å². The Morgan fingerprint density at radius 1 is 1.19 bits per heavy atom. The topological polar surface area (TPSA) is 54.9 Å². The highest BCUT2D eigenvalue weighted by atomic mass is 35.5. The van der Waals surface area contributed by atoms with Gasteiger partial charge in [0.15, 0.2) is 0 Å². The Morgan fingerprint density at radius 2 is 2.00 bits per heavy atom. The van der Waals surface area contributed by atoms with Gasteiger partial charge in [0.2, 0.25) is 0 Å². The van der Waals surface area contributed by atoms with Gasteiger partial charge in [0.05, 0.1) is 22.5 Å². The fourth-order valence-corrected chi connectivity index (χ4v) is 1.37. The second kappa shape index (κ2) is 4.72. The Kier molecular flexibility index (Phi) is 3.12. The second-order valence-electron chi connectivity index (χ2n) is 3.05. The fourth-order valence-electron chi connectivity index (χ4n) is 1.18. The molecule has 0 saturated heterocycles. The molecule has 0 aliphatic heterocycles. The van der Waals surface area contributed by atoms with Crippen LogP contribution < -0.4 is 5.32 Å². The molecule has 1 N–H and O–H groups in total. The van der Waals surface area contributed by atoms with Crippen LogP contribution in [-0.4, -0.2) is 15.9 Å². The van der Waals surface area contributed by atoms with Crippen molar-refractivity contribution in [1.29, 1.82) is 0 Å². The van der Waals surface area contributed by atoms with Gasteiger partial charge in [-0.15, -0.1) is 0 Å². The molecule has 4 nitrogen and oxygen atoms in total. The normalized spacial score (nSPS) is 9.81. The first-order valence-electron chi connectivity index (χ1n) is 4.58. The maximum absolute atomic E-state index is 11.8. The van der Waals surface area contributed by atoms with Crippen molar-refractivity contribution in [2.75, 3.05) is 5.32 Å². The molecule has 5 heteroatoms. The van der Waals surface area contributed by atoms with Crippen LogP contribution in [0.25, 0.3) is 0 Å². The summed E-state index contributed by atoms with van der Waals surface area (Å²) in [5.41, 5.74) is 0.959. The minimum atomic E-state index is -0.300. The van der Waals surface area contributed by atoms with E-state index in [0.717, 1.165) is 0 Å². The van der Waals surface area contributed by atoms with Crippen molar-refractivity contribution in [2.24, 2.45) is 0 Å². The van der Waals surface area contributed by atoms with Crippen molar-refractivity contribution in [3.8, 4) is 0 Å². The summed E-state index contributed by atoms with van der Waals surface area (Å²) in [6.07, 6.45) is 6.14. The number of pyridine rings is 2. The Bertz CT molecular complexity index is 502. The molecule has 2 aromatic heterocycles. The number of hydrogen-bond acceptors (Lipinski definition) is 3. The number of nitrogens with zero attached hydrogens (tertiary/aromatic N) is 2. The lowest BCUT2D eigenvalue weighted by molar-refractivity contribution is 0.102. The highest BCUT2D eigenvalue weighted by molar-refractivity contribution is 6.34. The SMILES string of the molecule is O=C(Nc1cccnc1)c1cnccc1Cl. The molecule has 0 spiro atoms. The smallest absolute Gasteiger partial charge is 0.258 e. The van der Waals surface area contributed by atoms with Crippen LogP contribution in [0.1, 0.15) is 10.4 Å². The number of rotatable bonds is 2. The number of anilines is 1. The van der Waals surface area contributed by atoms with Crippen molar-refractivity contribution >= 4 is 23.2 Å². The zero-order valence-corrected chi connectivity index (χ0v) is 8.98. The first-order chi connectivity index (χ1) is 7.77. The van der Waals surface area contributed by atoms with Gasteiger partial charge in [-0.25, -0.2) is 0 Å². The molecule has 2 aromatic rings. The van der Waals surface area contributed by atoms with Crippen molar-refractivity contribution in [3.05, 3.63) is 53.6 Å². The first kappa shape index (κ1) is 10.6. The lowest BCUT2D eigenvalue weighted by atomic mass is 10.2. The minimum absolute atomic E-state index is 0.300. The molecule has 2 rings (SSSR count). The molecule has 0 aliphatic carbocycles. The molecular formula is C11H8ClN3O. The molecule has 0 saturated carbocycles. The summed E-state index contributed by atoms with van der Waals surface area (Å²) in [5.74, 6) is -0.300. The number of carbonyl (C=O) groups excluding carboxylic acids is 1. The van der Waals surface area contributed by atoms with E-state index in [1.807, 2.05) is 0 Å².